The van der Waals surface area contributed by atoms with Crippen LogP contribution in [-0.4, -0.2) is 44.3 Å². The standard InChI is InChI=1S/C29H34N4O3S/c1-29(2,3)37(35)32-25(19-21-12-10-11-20(30-21)17-18-27(34)33(4)5)22-13-6-7-14-23(22)28-24-15-8-9-16-26(24)36-31-28/h6-16,25,32H,17-19H2,1-5H3. The molecule has 0 fully saturated rings. The number of fused-ring (bicyclic) bond motifs is 1. The number of aromatic nitrogens is 2. The first-order chi connectivity index (χ1) is 17.6. The number of para-hydroxylation sites is 1. The molecule has 0 saturated carbocycles. The van der Waals surface area contributed by atoms with Gasteiger partial charge in [0.2, 0.25) is 5.91 Å². The van der Waals surface area contributed by atoms with Crippen LogP contribution < -0.4 is 4.72 Å². The Morgan fingerprint density at radius 3 is 2.49 bits per heavy atom. The van der Waals surface area contributed by atoms with Gasteiger partial charge in [0, 0.05) is 60.6 Å². The zero-order valence-electron chi connectivity index (χ0n) is 22.0. The molecule has 0 spiro atoms. The van der Waals surface area contributed by atoms with Crippen LogP contribution in [0.4, 0.5) is 0 Å². The molecule has 4 aromatic rings. The second-order valence-corrected chi connectivity index (χ2v) is 12.3. The number of hydrogen-bond donors (Lipinski definition) is 1. The van der Waals surface area contributed by atoms with Crippen molar-refractivity contribution in [3.8, 4) is 11.3 Å². The predicted octanol–water partition coefficient (Wildman–Crippen LogP) is 5.25. The summed E-state index contributed by atoms with van der Waals surface area (Å²) in [6.07, 6.45) is 1.49. The largest absolute Gasteiger partial charge is 0.598 e. The van der Waals surface area contributed by atoms with Crippen LogP contribution in [0.2, 0.25) is 0 Å². The molecule has 2 unspecified atom stereocenters. The van der Waals surface area contributed by atoms with E-state index in [2.05, 4.69) is 9.88 Å². The van der Waals surface area contributed by atoms with Gasteiger partial charge in [0.05, 0.1) is 6.04 Å². The Bertz CT molecular complexity index is 1360. The monoisotopic (exact) mass is 518 g/mol. The third-order valence-electron chi connectivity index (χ3n) is 6.15. The van der Waals surface area contributed by atoms with Crippen LogP contribution in [0, 0.1) is 0 Å². The lowest BCUT2D eigenvalue weighted by molar-refractivity contribution is -0.128. The van der Waals surface area contributed by atoms with E-state index in [1.807, 2.05) is 87.5 Å². The normalized spacial score (nSPS) is 13.5. The summed E-state index contributed by atoms with van der Waals surface area (Å²) in [6.45, 7) is 5.85. The molecule has 2 atom stereocenters. The van der Waals surface area contributed by atoms with E-state index in [-0.39, 0.29) is 11.9 Å². The third-order valence-corrected chi connectivity index (χ3v) is 7.76. The third kappa shape index (κ3) is 6.57. The van der Waals surface area contributed by atoms with Crippen LogP contribution in [0.15, 0.2) is 71.3 Å². The van der Waals surface area contributed by atoms with Gasteiger partial charge in [0.15, 0.2) is 5.58 Å². The molecule has 0 saturated heterocycles. The summed E-state index contributed by atoms with van der Waals surface area (Å²) < 4.78 is 21.8. The summed E-state index contributed by atoms with van der Waals surface area (Å²) in [6, 6.07) is 21.4. The highest BCUT2D eigenvalue weighted by molar-refractivity contribution is 7.90. The van der Waals surface area contributed by atoms with E-state index >= 15 is 0 Å². The van der Waals surface area contributed by atoms with Crippen molar-refractivity contribution in [2.45, 2.75) is 50.8 Å². The fraction of sp³-hybridized carbons (Fsp3) is 0.345. The molecule has 8 heteroatoms. The van der Waals surface area contributed by atoms with E-state index in [4.69, 9.17) is 9.51 Å². The fourth-order valence-corrected chi connectivity index (χ4v) is 4.89. The first-order valence-electron chi connectivity index (χ1n) is 12.4. The van der Waals surface area contributed by atoms with Crippen LogP contribution in [0.1, 0.15) is 50.2 Å². The van der Waals surface area contributed by atoms with Crippen molar-refractivity contribution in [2.75, 3.05) is 14.1 Å². The van der Waals surface area contributed by atoms with Gasteiger partial charge < -0.3 is 14.0 Å². The molecule has 0 aliphatic rings. The number of hydrogen-bond acceptors (Lipinski definition) is 6. The number of aryl methyl sites for hydroxylation is 1. The Labute approximate surface area is 221 Å². The Balaban J connectivity index is 1.69. The number of benzene rings is 2. The number of carbonyl (C=O) groups is 1. The van der Waals surface area contributed by atoms with E-state index in [9.17, 15) is 9.35 Å². The number of nitrogens with zero attached hydrogens (tertiary/aromatic N) is 3. The minimum absolute atomic E-state index is 0.0705. The van der Waals surface area contributed by atoms with Gasteiger partial charge >= 0.3 is 0 Å². The number of carbonyl (C=O) groups excluding carboxylic acids is 1. The van der Waals surface area contributed by atoms with Crippen molar-refractivity contribution >= 4 is 28.2 Å². The van der Waals surface area contributed by atoms with Gasteiger partial charge in [-0.25, -0.2) is 0 Å². The zero-order chi connectivity index (χ0) is 26.6. The Morgan fingerprint density at radius 2 is 1.73 bits per heavy atom. The molecule has 2 aromatic heterocycles. The zero-order valence-corrected chi connectivity index (χ0v) is 22.8. The minimum atomic E-state index is -1.32. The fourth-order valence-electron chi connectivity index (χ4n) is 4.07. The number of pyridine rings is 1. The molecule has 1 amide bonds. The molecule has 4 rings (SSSR count). The average Bonchev–Trinajstić information content (AvgIpc) is 3.30. The van der Waals surface area contributed by atoms with Gasteiger partial charge in [0.25, 0.3) is 0 Å². The number of nitrogens with one attached hydrogen (secondary N) is 1. The Kier molecular flexibility index (Phi) is 8.32. The van der Waals surface area contributed by atoms with Gasteiger partial charge in [-0.3, -0.25) is 9.78 Å². The second-order valence-electron chi connectivity index (χ2n) is 10.3. The molecule has 194 valence electrons. The highest BCUT2D eigenvalue weighted by Gasteiger charge is 2.31. The molecule has 2 heterocycles. The maximum absolute atomic E-state index is 13.3. The minimum Gasteiger partial charge on any atom is -0.598 e. The maximum Gasteiger partial charge on any atom is 0.222 e. The summed E-state index contributed by atoms with van der Waals surface area (Å²) in [5.41, 5.74) is 5.08. The lowest BCUT2D eigenvalue weighted by Gasteiger charge is -2.29. The van der Waals surface area contributed by atoms with Gasteiger partial charge in [-0.2, -0.15) is 0 Å². The highest BCUT2D eigenvalue weighted by Crippen LogP contribution is 2.35. The van der Waals surface area contributed by atoms with Gasteiger partial charge in [-0.05, 0) is 57.0 Å². The summed E-state index contributed by atoms with van der Waals surface area (Å²) in [7, 11) is 3.51. The van der Waals surface area contributed by atoms with Crippen molar-refractivity contribution in [1.29, 1.82) is 0 Å². The van der Waals surface area contributed by atoms with E-state index in [0.29, 0.717) is 19.3 Å². The van der Waals surface area contributed by atoms with Gasteiger partial charge in [0.1, 0.15) is 10.4 Å². The molecule has 7 nitrogen and oxygen atoms in total. The van der Waals surface area contributed by atoms with Crippen molar-refractivity contribution < 1.29 is 13.9 Å². The van der Waals surface area contributed by atoms with Gasteiger partial charge in [-0.1, -0.05) is 47.6 Å². The van der Waals surface area contributed by atoms with Crippen LogP contribution in [0.5, 0.6) is 0 Å². The second kappa shape index (κ2) is 11.5. The van der Waals surface area contributed by atoms with Crippen molar-refractivity contribution in [3.05, 3.63) is 83.7 Å². The van der Waals surface area contributed by atoms with Crippen LogP contribution >= 0.6 is 0 Å². The van der Waals surface area contributed by atoms with Crippen LogP contribution in [0.25, 0.3) is 22.2 Å². The van der Waals surface area contributed by atoms with Crippen molar-refractivity contribution in [2.24, 2.45) is 0 Å². The Morgan fingerprint density at radius 1 is 1.03 bits per heavy atom. The van der Waals surface area contributed by atoms with E-state index in [0.717, 1.165) is 39.2 Å². The molecule has 0 bridgehead atoms. The molecule has 2 aromatic carbocycles. The molecular weight excluding hydrogens is 484 g/mol. The first kappa shape index (κ1) is 26.9. The molecule has 0 aliphatic carbocycles. The smallest absolute Gasteiger partial charge is 0.222 e. The first-order valence-corrected chi connectivity index (χ1v) is 13.5. The quantitative estimate of drug-likeness (QED) is 0.304. The summed E-state index contributed by atoms with van der Waals surface area (Å²) in [4.78, 5) is 18.5. The van der Waals surface area contributed by atoms with E-state index < -0.39 is 16.1 Å². The molecule has 0 aliphatic heterocycles. The molecule has 1 N–H and O–H groups in total. The summed E-state index contributed by atoms with van der Waals surface area (Å²) >= 11 is -1.32. The van der Waals surface area contributed by atoms with E-state index in [1.54, 1.807) is 19.0 Å². The lowest BCUT2D eigenvalue weighted by Crippen LogP contribution is -2.42. The SMILES string of the molecule is CN(C)C(=O)CCc1cccc(CC(N[S+]([O-])C(C)(C)C)c2ccccc2-c2noc3ccccc23)n1. The van der Waals surface area contributed by atoms with Crippen molar-refractivity contribution in [1.82, 2.24) is 19.8 Å². The average molecular weight is 519 g/mol. The summed E-state index contributed by atoms with van der Waals surface area (Å²) in [5, 5.41) is 5.31. The van der Waals surface area contributed by atoms with Crippen LogP contribution in [0.3, 0.4) is 0 Å². The summed E-state index contributed by atoms with van der Waals surface area (Å²) in [5.74, 6) is 0.0705. The Hall–Kier alpha value is -3.20. The van der Waals surface area contributed by atoms with E-state index in [1.165, 1.54) is 0 Å². The maximum atomic E-state index is 13.3. The van der Waals surface area contributed by atoms with Crippen molar-refractivity contribution in [3.63, 3.8) is 0 Å². The van der Waals surface area contributed by atoms with Gasteiger partial charge in [-0.15, -0.1) is 4.72 Å². The molecule has 0 radical (unpaired) electrons. The number of rotatable bonds is 9. The highest BCUT2D eigenvalue weighted by atomic mass is 32.2. The molecule has 37 heavy (non-hydrogen) atoms. The van der Waals surface area contributed by atoms with Crippen LogP contribution in [-0.2, 0) is 29.0 Å². The number of amides is 1. The molecular formula is C29H34N4O3S. The lowest BCUT2D eigenvalue weighted by atomic mass is 9.94. The predicted molar refractivity (Wildman–Crippen MR) is 148 cm³/mol. The topological polar surface area (TPSA) is 94.3 Å².